The van der Waals surface area contributed by atoms with Crippen LogP contribution < -0.4 is 16.4 Å². The molecular formula is C18H22ClN3O7S. The summed E-state index contributed by atoms with van der Waals surface area (Å²) < 4.78 is 0. The summed E-state index contributed by atoms with van der Waals surface area (Å²) in [6.45, 7) is -0.635. The number of thioether (sulfide) groups is 1. The zero-order valence-electron chi connectivity index (χ0n) is 15.8. The lowest BCUT2D eigenvalue weighted by Crippen LogP contribution is -2.49. The number of Topliss-reactive ketones (excluding diaryl/α,β-unsaturated/α-hetero) is 1. The second-order valence-electron chi connectivity index (χ2n) is 6.16. The molecule has 0 saturated heterocycles. The number of benzene rings is 1. The predicted octanol–water partition coefficient (Wildman–Crippen LogP) is 0.134. The summed E-state index contributed by atoms with van der Waals surface area (Å²) in [5.74, 6) is -4.06. The van der Waals surface area contributed by atoms with Crippen molar-refractivity contribution in [2.75, 3.05) is 18.1 Å². The number of hydrogen-bond donors (Lipinski definition) is 5. The first kappa shape index (κ1) is 25.4. The lowest BCUT2D eigenvalue weighted by molar-refractivity contribution is -0.139. The molecule has 0 saturated carbocycles. The maximum absolute atomic E-state index is 12.2. The van der Waals surface area contributed by atoms with Crippen LogP contribution in [0.25, 0.3) is 0 Å². The largest absolute Gasteiger partial charge is 0.480 e. The summed E-state index contributed by atoms with van der Waals surface area (Å²) in [5.41, 5.74) is 5.78. The van der Waals surface area contributed by atoms with Crippen LogP contribution in [0, 0.1) is 0 Å². The van der Waals surface area contributed by atoms with Gasteiger partial charge in [-0.25, -0.2) is 0 Å². The fraction of sp³-hybridized carbons (Fsp3) is 0.389. The van der Waals surface area contributed by atoms with Crippen LogP contribution in [0.3, 0.4) is 0 Å². The number of aliphatic carboxylic acids is 2. The lowest BCUT2D eigenvalue weighted by Gasteiger charge is -2.18. The molecule has 1 rings (SSSR count). The van der Waals surface area contributed by atoms with Gasteiger partial charge >= 0.3 is 11.9 Å². The van der Waals surface area contributed by atoms with Crippen LogP contribution in [0.4, 0.5) is 0 Å². The number of carboxylic acids is 2. The summed E-state index contributed by atoms with van der Waals surface area (Å²) >= 11 is 6.85. The molecule has 2 atom stereocenters. The number of halogens is 1. The fourth-order valence-electron chi connectivity index (χ4n) is 2.13. The molecule has 12 heteroatoms. The zero-order chi connectivity index (χ0) is 22.7. The first-order valence-corrected chi connectivity index (χ1v) is 10.3. The van der Waals surface area contributed by atoms with Gasteiger partial charge in [-0.15, -0.1) is 0 Å². The maximum atomic E-state index is 12.2. The highest BCUT2D eigenvalue weighted by molar-refractivity contribution is 8.00. The van der Waals surface area contributed by atoms with Crippen molar-refractivity contribution >= 4 is 52.9 Å². The van der Waals surface area contributed by atoms with Crippen molar-refractivity contribution in [3.63, 3.8) is 0 Å². The van der Waals surface area contributed by atoms with E-state index in [9.17, 15) is 24.0 Å². The van der Waals surface area contributed by atoms with Gasteiger partial charge in [0.15, 0.2) is 5.78 Å². The van der Waals surface area contributed by atoms with E-state index in [1.54, 1.807) is 24.3 Å². The number of nitrogens with one attached hydrogen (secondary N) is 2. The van der Waals surface area contributed by atoms with Crippen LogP contribution >= 0.6 is 23.4 Å². The van der Waals surface area contributed by atoms with Gasteiger partial charge in [0.05, 0.1) is 5.75 Å². The van der Waals surface area contributed by atoms with E-state index in [1.165, 1.54) is 0 Å². The Morgan fingerprint density at radius 1 is 1.10 bits per heavy atom. The van der Waals surface area contributed by atoms with Gasteiger partial charge in [-0.1, -0.05) is 11.6 Å². The SMILES string of the molecule is N[C@@H](CCC(=O)NC(CSCC(=O)c1ccc(Cl)cc1)C(=O)NCC(=O)O)C(=O)O. The van der Waals surface area contributed by atoms with Crippen LogP contribution in [-0.4, -0.2) is 69.9 Å². The molecule has 30 heavy (non-hydrogen) atoms. The van der Waals surface area contributed by atoms with Crippen LogP contribution in [0.2, 0.25) is 5.02 Å². The van der Waals surface area contributed by atoms with Gasteiger partial charge in [0, 0.05) is 22.8 Å². The Morgan fingerprint density at radius 3 is 2.30 bits per heavy atom. The number of amides is 2. The van der Waals surface area contributed by atoms with E-state index in [-0.39, 0.29) is 30.1 Å². The summed E-state index contributed by atoms with van der Waals surface area (Å²) in [6.07, 6.45) is -0.364. The molecule has 0 radical (unpaired) electrons. The van der Waals surface area contributed by atoms with Crippen LogP contribution in [0.1, 0.15) is 23.2 Å². The molecule has 0 aliphatic rings. The predicted molar refractivity (Wildman–Crippen MR) is 111 cm³/mol. The number of rotatable bonds is 13. The van der Waals surface area contributed by atoms with Crippen molar-refractivity contribution in [3.05, 3.63) is 34.9 Å². The summed E-state index contributed by atoms with van der Waals surface area (Å²) in [4.78, 5) is 57.8. The molecule has 0 aliphatic heterocycles. The average molecular weight is 460 g/mol. The lowest BCUT2D eigenvalue weighted by atomic mass is 10.1. The molecule has 164 valence electrons. The molecule has 0 aromatic heterocycles. The second kappa shape index (κ2) is 12.8. The molecule has 1 aromatic carbocycles. The van der Waals surface area contributed by atoms with E-state index in [2.05, 4.69) is 10.6 Å². The maximum Gasteiger partial charge on any atom is 0.322 e. The number of ketones is 1. The minimum atomic E-state index is -1.26. The van der Waals surface area contributed by atoms with Gasteiger partial charge in [-0.2, -0.15) is 11.8 Å². The van der Waals surface area contributed by atoms with Gasteiger partial charge in [0.25, 0.3) is 0 Å². The van der Waals surface area contributed by atoms with Gasteiger partial charge in [-0.3, -0.25) is 24.0 Å². The standard InChI is InChI=1S/C18H22ClN3O7S/c19-11-3-1-10(2-4-11)14(23)9-30-8-13(17(27)21-7-16(25)26)22-15(24)6-5-12(20)18(28)29/h1-4,12-13H,5-9,20H2,(H,21,27)(H,22,24)(H,25,26)(H,28,29)/t12-,13?/m0/s1. The van der Waals surface area contributed by atoms with Gasteiger partial charge in [0.2, 0.25) is 11.8 Å². The zero-order valence-corrected chi connectivity index (χ0v) is 17.4. The Kier molecular flexibility index (Phi) is 10.9. The van der Waals surface area contributed by atoms with Crippen molar-refractivity contribution in [3.8, 4) is 0 Å². The van der Waals surface area contributed by atoms with Crippen molar-refractivity contribution < 1.29 is 34.2 Å². The van der Waals surface area contributed by atoms with E-state index < -0.39 is 42.4 Å². The number of carboxylic acid groups (broad SMARTS) is 2. The quantitative estimate of drug-likeness (QED) is 0.256. The first-order chi connectivity index (χ1) is 14.1. The minimum absolute atomic E-state index is 0.00149. The third-order valence-corrected chi connectivity index (χ3v) is 5.04. The number of carbonyl (C=O) groups is 5. The fourth-order valence-corrected chi connectivity index (χ4v) is 3.20. The van der Waals surface area contributed by atoms with Gasteiger partial charge in [0.1, 0.15) is 18.6 Å². The number of hydrogen-bond acceptors (Lipinski definition) is 7. The Morgan fingerprint density at radius 2 is 1.73 bits per heavy atom. The summed E-state index contributed by atoms with van der Waals surface area (Å²) in [5, 5.41) is 22.5. The summed E-state index contributed by atoms with van der Waals surface area (Å²) in [7, 11) is 0. The Hall–Kier alpha value is -2.63. The molecule has 6 N–H and O–H groups in total. The van der Waals surface area contributed by atoms with Crippen molar-refractivity contribution in [1.29, 1.82) is 0 Å². The molecule has 0 bridgehead atoms. The molecule has 0 spiro atoms. The Bertz CT molecular complexity index is 788. The van der Waals surface area contributed by atoms with Crippen LogP contribution in [0.15, 0.2) is 24.3 Å². The molecule has 2 amide bonds. The third-order valence-electron chi connectivity index (χ3n) is 3.75. The molecule has 0 fully saturated rings. The summed E-state index contributed by atoms with van der Waals surface area (Å²) in [6, 6.07) is 3.95. The second-order valence-corrected chi connectivity index (χ2v) is 7.63. The molecule has 0 aliphatic carbocycles. The minimum Gasteiger partial charge on any atom is -0.480 e. The Labute approximate surface area is 181 Å². The van der Waals surface area contributed by atoms with E-state index >= 15 is 0 Å². The van der Waals surface area contributed by atoms with Crippen LogP contribution in [-0.2, 0) is 19.2 Å². The third kappa shape index (κ3) is 9.72. The van der Waals surface area contributed by atoms with Crippen molar-refractivity contribution in [2.24, 2.45) is 5.73 Å². The van der Waals surface area contributed by atoms with E-state index in [0.29, 0.717) is 10.6 Å². The average Bonchev–Trinajstić information content (AvgIpc) is 2.69. The first-order valence-electron chi connectivity index (χ1n) is 8.74. The highest BCUT2D eigenvalue weighted by Gasteiger charge is 2.23. The number of carbonyl (C=O) groups excluding carboxylic acids is 3. The monoisotopic (exact) mass is 459 g/mol. The van der Waals surface area contributed by atoms with Gasteiger partial charge < -0.3 is 26.6 Å². The molecular weight excluding hydrogens is 438 g/mol. The number of nitrogens with two attached hydrogens (primary N) is 1. The highest BCUT2D eigenvalue weighted by Crippen LogP contribution is 2.13. The van der Waals surface area contributed by atoms with Crippen LogP contribution in [0.5, 0.6) is 0 Å². The molecule has 1 aromatic rings. The van der Waals surface area contributed by atoms with E-state index in [1.807, 2.05) is 0 Å². The van der Waals surface area contributed by atoms with E-state index in [4.69, 9.17) is 27.5 Å². The molecule has 10 nitrogen and oxygen atoms in total. The van der Waals surface area contributed by atoms with E-state index in [0.717, 1.165) is 11.8 Å². The van der Waals surface area contributed by atoms with Crippen molar-refractivity contribution in [2.45, 2.75) is 24.9 Å². The smallest absolute Gasteiger partial charge is 0.322 e. The van der Waals surface area contributed by atoms with Crippen molar-refractivity contribution in [1.82, 2.24) is 10.6 Å². The molecule has 0 heterocycles. The highest BCUT2D eigenvalue weighted by atomic mass is 35.5. The molecule has 1 unspecified atom stereocenters. The topological polar surface area (TPSA) is 176 Å². The normalized spacial score (nSPS) is 12.5. The Balaban J connectivity index is 2.63. The van der Waals surface area contributed by atoms with Gasteiger partial charge in [-0.05, 0) is 30.7 Å².